The summed E-state index contributed by atoms with van der Waals surface area (Å²) in [5.74, 6) is -1.05. The first-order valence-corrected chi connectivity index (χ1v) is 9.39. The molecule has 154 valence electrons. The molecule has 0 saturated carbocycles. The zero-order valence-corrected chi connectivity index (χ0v) is 16.5. The summed E-state index contributed by atoms with van der Waals surface area (Å²) in [4.78, 5) is 36.8. The molecule has 0 aromatic heterocycles. The average molecular weight is 406 g/mol. The maximum atomic E-state index is 12.7. The predicted molar refractivity (Wildman–Crippen MR) is 112 cm³/mol. The number of ether oxygens (including phenoxy) is 2. The van der Waals surface area contributed by atoms with E-state index >= 15 is 0 Å². The lowest BCUT2D eigenvalue weighted by molar-refractivity contribution is -0.142. The van der Waals surface area contributed by atoms with Crippen LogP contribution in [0.1, 0.15) is 15.9 Å². The summed E-state index contributed by atoms with van der Waals surface area (Å²) in [5, 5.41) is 6.83. The molecule has 1 atom stereocenters. The SMILES string of the molecule is COC(=O)C(CNC(=O)c1cccc2ccccc12)NC(=O)OCc1ccccc1. The molecule has 2 amide bonds. The van der Waals surface area contributed by atoms with Gasteiger partial charge in [-0.3, -0.25) is 4.79 Å². The first-order chi connectivity index (χ1) is 14.6. The average Bonchev–Trinajstić information content (AvgIpc) is 2.80. The fourth-order valence-electron chi connectivity index (χ4n) is 2.96. The van der Waals surface area contributed by atoms with Gasteiger partial charge < -0.3 is 20.1 Å². The van der Waals surface area contributed by atoms with Crippen molar-refractivity contribution in [3.8, 4) is 0 Å². The summed E-state index contributed by atoms with van der Waals surface area (Å²) in [7, 11) is 1.21. The molecule has 3 aromatic rings. The Bertz CT molecular complexity index is 1030. The number of benzene rings is 3. The Labute approximate surface area is 174 Å². The van der Waals surface area contributed by atoms with Crippen LogP contribution in [0, 0.1) is 0 Å². The van der Waals surface area contributed by atoms with Crippen molar-refractivity contribution in [2.45, 2.75) is 12.6 Å². The first-order valence-electron chi connectivity index (χ1n) is 9.39. The molecule has 30 heavy (non-hydrogen) atoms. The Balaban J connectivity index is 1.61. The van der Waals surface area contributed by atoms with Gasteiger partial charge in [-0.15, -0.1) is 0 Å². The summed E-state index contributed by atoms with van der Waals surface area (Å²) >= 11 is 0. The molecule has 0 radical (unpaired) electrons. The highest BCUT2D eigenvalue weighted by Crippen LogP contribution is 2.18. The lowest BCUT2D eigenvalue weighted by Gasteiger charge is -2.17. The number of amides is 2. The van der Waals surface area contributed by atoms with Crippen LogP contribution < -0.4 is 10.6 Å². The number of fused-ring (bicyclic) bond motifs is 1. The lowest BCUT2D eigenvalue weighted by Crippen LogP contribution is -2.49. The van der Waals surface area contributed by atoms with Gasteiger partial charge in [-0.2, -0.15) is 0 Å². The van der Waals surface area contributed by atoms with E-state index in [2.05, 4.69) is 10.6 Å². The van der Waals surface area contributed by atoms with E-state index < -0.39 is 18.1 Å². The lowest BCUT2D eigenvalue weighted by atomic mass is 10.0. The van der Waals surface area contributed by atoms with E-state index in [-0.39, 0.29) is 19.1 Å². The molecule has 0 heterocycles. The van der Waals surface area contributed by atoms with Crippen LogP contribution in [0.15, 0.2) is 72.8 Å². The molecule has 0 aliphatic carbocycles. The monoisotopic (exact) mass is 406 g/mol. The van der Waals surface area contributed by atoms with Gasteiger partial charge in [0.2, 0.25) is 0 Å². The second-order valence-electron chi connectivity index (χ2n) is 6.52. The Morgan fingerprint density at radius 2 is 1.60 bits per heavy atom. The van der Waals surface area contributed by atoms with Crippen molar-refractivity contribution in [3.05, 3.63) is 83.9 Å². The maximum Gasteiger partial charge on any atom is 0.408 e. The van der Waals surface area contributed by atoms with Gasteiger partial charge in [0.1, 0.15) is 12.6 Å². The topological polar surface area (TPSA) is 93.7 Å². The van der Waals surface area contributed by atoms with Crippen molar-refractivity contribution < 1.29 is 23.9 Å². The van der Waals surface area contributed by atoms with E-state index in [1.54, 1.807) is 12.1 Å². The molecule has 0 aliphatic heterocycles. The van der Waals surface area contributed by atoms with Crippen LogP contribution in [0.5, 0.6) is 0 Å². The highest BCUT2D eigenvalue weighted by atomic mass is 16.6. The van der Waals surface area contributed by atoms with Gasteiger partial charge >= 0.3 is 12.1 Å². The molecule has 3 rings (SSSR count). The van der Waals surface area contributed by atoms with E-state index in [1.165, 1.54) is 7.11 Å². The summed E-state index contributed by atoms with van der Waals surface area (Å²) in [6, 6.07) is 21.0. The van der Waals surface area contributed by atoms with Gasteiger partial charge in [-0.25, -0.2) is 9.59 Å². The molecule has 7 nitrogen and oxygen atoms in total. The minimum Gasteiger partial charge on any atom is -0.467 e. The van der Waals surface area contributed by atoms with E-state index in [1.807, 2.05) is 60.7 Å². The quantitative estimate of drug-likeness (QED) is 0.588. The van der Waals surface area contributed by atoms with Crippen molar-refractivity contribution >= 4 is 28.7 Å². The van der Waals surface area contributed by atoms with Crippen LogP contribution in [0.3, 0.4) is 0 Å². The Morgan fingerprint density at radius 3 is 2.37 bits per heavy atom. The molecule has 0 saturated heterocycles. The number of methoxy groups -OCH3 is 1. The van der Waals surface area contributed by atoms with E-state index in [0.717, 1.165) is 16.3 Å². The molecule has 1 unspecified atom stereocenters. The smallest absolute Gasteiger partial charge is 0.408 e. The molecule has 2 N–H and O–H groups in total. The normalized spacial score (nSPS) is 11.4. The van der Waals surface area contributed by atoms with E-state index in [0.29, 0.717) is 5.56 Å². The largest absolute Gasteiger partial charge is 0.467 e. The van der Waals surface area contributed by atoms with Crippen LogP contribution in [0.25, 0.3) is 10.8 Å². The Morgan fingerprint density at radius 1 is 0.900 bits per heavy atom. The van der Waals surface area contributed by atoms with Gasteiger partial charge in [0.05, 0.1) is 7.11 Å². The van der Waals surface area contributed by atoms with Crippen LogP contribution >= 0.6 is 0 Å². The van der Waals surface area contributed by atoms with Gasteiger partial charge in [-0.05, 0) is 22.4 Å². The number of hydrogen-bond acceptors (Lipinski definition) is 5. The standard InChI is InChI=1S/C23H22N2O5/c1-29-22(27)20(25-23(28)30-15-16-8-3-2-4-9-16)14-24-21(26)19-13-7-11-17-10-5-6-12-18(17)19/h2-13,20H,14-15H2,1H3,(H,24,26)(H,25,28). The Hall–Kier alpha value is -3.87. The highest BCUT2D eigenvalue weighted by molar-refractivity contribution is 6.07. The zero-order valence-electron chi connectivity index (χ0n) is 16.5. The van der Waals surface area contributed by atoms with Crippen molar-refractivity contribution in [2.24, 2.45) is 0 Å². The van der Waals surface area contributed by atoms with Crippen LogP contribution in [0.2, 0.25) is 0 Å². The van der Waals surface area contributed by atoms with E-state index in [9.17, 15) is 14.4 Å². The highest BCUT2D eigenvalue weighted by Gasteiger charge is 2.23. The van der Waals surface area contributed by atoms with Gasteiger partial charge in [0.25, 0.3) is 5.91 Å². The Kier molecular flexibility index (Phi) is 7.00. The second-order valence-corrected chi connectivity index (χ2v) is 6.52. The number of hydrogen-bond donors (Lipinski definition) is 2. The number of alkyl carbamates (subject to hydrolysis) is 1. The molecule has 0 aliphatic rings. The minimum atomic E-state index is -1.09. The number of nitrogens with one attached hydrogen (secondary N) is 2. The molecule has 3 aromatic carbocycles. The minimum absolute atomic E-state index is 0.0585. The first kappa shape index (κ1) is 20.9. The third-order valence-electron chi connectivity index (χ3n) is 4.49. The molecule has 0 bridgehead atoms. The summed E-state index contributed by atoms with van der Waals surface area (Å²) in [6.07, 6.45) is -0.784. The van der Waals surface area contributed by atoms with Crippen molar-refractivity contribution in [1.82, 2.24) is 10.6 Å². The molecule has 0 spiro atoms. The van der Waals surface area contributed by atoms with Crippen LogP contribution in [-0.4, -0.2) is 37.7 Å². The van der Waals surface area contributed by atoms with Crippen molar-refractivity contribution in [1.29, 1.82) is 0 Å². The van der Waals surface area contributed by atoms with Gasteiger partial charge in [0.15, 0.2) is 0 Å². The molecular weight excluding hydrogens is 384 g/mol. The molecule has 0 fully saturated rings. The van der Waals surface area contributed by atoms with Crippen LogP contribution in [0.4, 0.5) is 4.79 Å². The summed E-state index contributed by atoms with van der Waals surface area (Å²) in [5.41, 5.74) is 1.29. The number of carbonyl (C=O) groups is 3. The summed E-state index contributed by atoms with van der Waals surface area (Å²) in [6.45, 7) is -0.0852. The molecule has 7 heteroatoms. The van der Waals surface area contributed by atoms with Crippen LogP contribution in [-0.2, 0) is 20.9 Å². The fourth-order valence-corrected chi connectivity index (χ4v) is 2.96. The van der Waals surface area contributed by atoms with Gasteiger partial charge in [-0.1, -0.05) is 66.7 Å². The second kappa shape index (κ2) is 10.1. The third-order valence-corrected chi connectivity index (χ3v) is 4.49. The molecular formula is C23H22N2O5. The third kappa shape index (κ3) is 5.35. The fraction of sp³-hybridized carbons (Fsp3) is 0.174. The van der Waals surface area contributed by atoms with Gasteiger partial charge in [0, 0.05) is 12.1 Å². The maximum absolute atomic E-state index is 12.7. The number of carbonyl (C=O) groups excluding carboxylic acids is 3. The number of esters is 1. The number of rotatable bonds is 7. The van der Waals surface area contributed by atoms with E-state index in [4.69, 9.17) is 9.47 Å². The zero-order chi connectivity index (χ0) is 21.3. The predicted octanol–water partition coefficient (Wildman–Crippen LogP) is 3.04. The van der Waals surface area contributed by atoms with Crippen molar-refractivity contribution in [3.63, 3.8) is 0 Å². The van der Waals surface area contributed by atoms with Crippen molar-refractivity contribution in [2.75, 3.05) is 13.7 Å². The summed E-state index contributed by atoms with van der Waals surface area (Å²) < 4.78 is 9.86.